The number of hydrogen-bond acceptors (Lipinski definition) is 3. The van der Waals surface area contributed by atoms with E-state index in [1.807, 2.05) is 11.8 Å². The lowest BCUT2D eigenvalue weighted by Gasteiger charge is -2.26. The zero-order valence-electron chi connectivity index (χ0n) is 12.5. The first-order chi connectivity index (χ1) is 8.21. The third-order valence-electron chi connectivity index (χ3n) is 2.84. The lowest BCUT2D eigenvalue weighted by atomic mass is 9.95. The van der Waals surface area contributed by atoms with Crippen LogP contribution in [0.1, 0.15) is 60.3 Å². The van der Waals surface area contributed by atoms with Crippen LogP contribution in [-0.2, 0) is 4.79 Å². The first-order valence-corrected chi connectivity index (χ1v) is 7.82. The van der Waals surface area contributed by atoms with Crippen LogP contribution in [0.2, 0.25) is 0 Å². The van der Waals surface area contributed by atoms with E-state index < -0.39 is 11.5 Å². The fourth-order valence-corrected chi connectivity index (χ4v) is 2.59. The maximum absolute atomic E-state index is 11.3. The number of nitrogens with one attached hydrogen (secondary N) is 1. The van der Waals surface area contributed by atoms with Gasteiger partial charge in [-0.05, 0) is 38.5 Å². The fourth-order valence-electron chi connectivity index (χ4n) is 1.63. The Kier molecular flexibility index (Phi) is 7.95. The summed E-state index contributed by atoms with van der Waals surface area (Å²) in [7, 11) is 0. The Morgan fingerprint density at radius 3 is 2.28 bits per heavy atom. The summed E-state index contributed by atoms with van der Waals surface area (Å²) in [5, 5.41) is 12.4. The maximum Gasteiger partial charge on any atom is 0.323 e. The number of thioether (sulfide) groups is 1. The van der Waals surface area contributed by atoms with Crippen molar-refractivity contribution in [3.63, 3.8) is 0 Å². The van der Waals surface area contributed by atoms with E-state index in [0.717, 1.165) is 31.6 Å². The second kappa shape index (κ2) is 8.05. The lowest BCUT2D eigenvalue weighted by molar-refractivity contribution is -0.144. The largest absolute Gasteiger partial charge is 0.480 e. The molecule has 0 spiro atoms. The zero-order valence-corrected chi connectivity index (χ0v) is 13.3. The minimum atomic E-state index is -0.761. The van der Waals surface area contributed by atoms with Gasteiger partial charge in [0.25, 0.3) is 0 Å². The second-order valence-corrected chi connectivity index (χ2v) is 7.90. The summed E-state index contributed by atoms with van der Waals surface area (Å²) in [5.74, 6) is 0.367. The number of carboxylic acids is 1. The molecule has 0 radical (unpaired) electrons. The van der Waals surface area contributed by atoms with Crippen LogP contribution in [0.4, 0.5) is 0 Å². The van der Waals surface area contributed by atoms with Crippen LogP contribution in [-0.4, -0.2) is 33.7 Å². The van der Waals surface area contributed by atoms with Crippen molar-refractivity contribution in [2.75, 3.05) is 12.3 Å². The average Bonchev–Trinajstić information content (AvgIpc) is 2.24. The Morgan fingerprint density at radius 2 is 1.83 bits per heavy atom. The Morgan fingerprint density at radius 1 is 1.22 bits per heavy atom. The van der Waals surface area contributed by atoms with E-state index in [-0.39, 0.29) is 0 Å². The molecule has 1 unspecified atom stereocenters. The molecule has 0 saturated heterocycles. The van der Waals surface area contributed by atoms with Gasteiger partial charge in [0.1, 0.15) is 5.54 Å². The Labute approximate surface area is 116 Å². The minimum absolute atomic E-state index is 0.302. The minimum Gasteiger partial charge on any atom is -0.480 e. The molecule has 0 aliphatic heterocycles. The van der Waals surface area contributed by atoms with Crippen LogP contribution in [0.3, 0.4) is 0 Å². The Bertz CT molecular complexity index is 251. The maximum atomic E-state index is 11.3. The number of carboxylic acid groups (broad SMARTS) is 1. The smallest absolute Gasteiger partial charge is 0.323 e. The first-order valence-electron chi connectivity index (χ1n) is 6.83. The summed E-state index contributed by atoms with van der Waals surface area (Å²) in [6, 6.07) is 0. The van der Waals surface area contributed by atoms with E-state index in [2.05, 4.69) is 33.0 Å². The highest BCUT2D eigenvalue weighted by Crippen LogP contribution is 2.25. The van der Waals surface area contributed by atoms with Crippen molar-refractivity contribution in [1.82, 2.24) is 5.32 Å². The highest BCUT2D eigenvalue weighted by atomic mass is 32.2. The van der Waals surface area contributed by atoms with E-state index in [1.165, 1.54) is 0 Å². The molecule has 108 valence electrons. The average molecular weight is 275 g/mol. The molecule has 2 N–H and O–H groups in total. The van der Waals surface area contributed by atoms with Crippen molar-refractivity contribution in [1.29, 1.82) is 0 Å². The van der Waals surface area contributed by atoms with Gasteiger partial charge >= 0.3 is 5.97 Å². The summed E-state index contributed by atoms with van der Waals surface area (Å²) in [6.45, 7) is 11.2. The molecule has 0 aromatic rings. The number of rotatable bonds is 9. The monoisotopic (exact) mass is 275 g/mol. The Balaban J connectivity index is 3.95. The quantitative estimate of drug-likeness (QED) is 0.632. The van der Waals surface area contributed by atoms with Gasteiger partial charge in [-0.1, -0.05) is 34.1 Å². The number of unbranched alkanes of at least 4 members (excludes halogenated alkanes) is 1. The van der Waals surface area contributed by atoms with Crippen molar-refractivity contribution in [3.8, 4) is 0 Å². The highest BCUT2D eigenvalue weighted by Gasteiger charge is 2.31. The van der Waals surface area contributed by atoms with Crippen LogP contribution in [0, 0.1) is 0 Å². The van der Waals surface area contributed by atoms with Crippen molar-refractivity contribution in [2.45, 2.75) is 70.6 Å². The molecule has 0 heterocycles. The molecule has 0 aliphatic carbocycles. The van der Waals surface area contributed by atoms with Crippen LogP contribution in [0.15, 0.2) is 0 Å². The molecule has 18 heavy (non-hydrogen) atoms. The molecule has 4 heteroatoms. The van der Waals surface area contributed by atoms with Crippen LogP contribution >= 0.6 is 11.8 Å². The van der Waals surface area contributed by atoms with Gasteiger partial charge in [0.05, 0.1) is 0 Å². The molecule has 3 nitrogen and oxygen atoms in total. The van der Waals surface area contributed by atoms with E-state index in [9.17, 15) is 9.90 Å². The summed E-state index contributed by atoms with van der Waals surface area (Å²) >= 11 is 1.94. The standard InChI is InChI=1S/C14H29NO2S/c1-6-10-15-14(5,12(16)17)9-7-8-11-18-13(2,3)4/h15H,6-11H2,1-5H3,(H,16,17). The molecule has 1 atom stereocenters. The van der Waals surface area contributed by atoms with E-state index in [1.54, 1.807) is 6.92 Å². The van der Waals surface area contributed by atoms with Crippen LogP contribution < -0.4 is 5.32 Å². The van der Waals surface area contributed by atoms with Crippen LogP contribution in [0.25, 0.3) is 0 Å². The third kappa shape index (κ3) is 7.98. The van der Waals surface area contributed by atoms with Gasteiger partial charge in [-0.3, -0.25) is 4.79 Å². The van der Waals surface area contributed by atoms with E-state index in [4.69, 9.17) is 0 Å². The SMILES string of the molecule is CCCNC(C)(CCCCSC(C)(C)C)C(=O)O. The van der Waals surface area contributed by atoms with Gasteiger partial charge in [-0.2, -0.15) is 11.8 Å². The summed E-state index contributed by atoms with van der Waals surface area (Å²) in [6.07, 6.45) is 3.71. The fraction of sp³-hybridized carbons (Fsp3) is 0.929. The van der Waals surface area contributed by atoms with Gasteiger partial charge in [0.15, 0.2) is 0 Å². The molecular formula is C14H29NO2S. The number of carbonyl (C=O) groups is 1. The van der Waals surface area contributed by atoms with E-state index in [0.29, 0.717) is 11.2 Å². The molecule has 0 saturated carbocycles. The molecule has 0 amide bonds. The lowest BCUT2D eigenvalue weighted by Crippen LogP contribution is -2.49. The van der Waals surface area contributed by atoms with Gasteiger partial charge in [0, 0.05) is 4.75 Å². The molecule has 0 aliphatic rings. The van der Waals surface area contributed by atoms with Crippen molar-refractivity contribution in [2.24, 2.45) is 0 Å². The van der Waals surface area contributed by atoms with Crippen LogP contribution in [0.5, 0.6) is 0 Å². The predicted molar refractivity (Wildman–Crippen MR) is 80.4 cm³/mol. The van der Waals surface area contributed by atoms with Gasteiger partial charge in [0.2, 0.25) is 0 Å². The summed E-state index contributed by atoms with van der Waals surface area (Å²) in [4.78, 5) is 11.3. The molecule has 0 rings (SSSR count). The van der Waals surface area contributed by atoms with Crippen molar-refractivity contribution >= 4 is 17.7 Å². The topological polar surface area (TPSA) is 49.3 Å². The summed E-state index contributed by atoms with van der Waals surface area (Å²) in [5.41, 5.74) is -0.761. The van der Waals surface area contributed by atoms with Crippen molar-refractivity contribution in [3.05, 3.63) is 0 Å². The number of aliphatic carboxylic acids is 1. The van der Waals surface area contributed by atoms with Crippen molar-refractivity contribution < 1.29 is 9.90 Å². The summed E-state index contributed by atoms with van der Waals surface area (Å²) < 4.78 is 0.302. The third-order valence-corrected chi connectivity index (χ3v) is 4.20. The van der Waals surface area contributed by atoms with Gasteiger partial charge in [-0.15, -0.1) is 0 Å². The molecular weight excluding hydrogens is 246 g/mol. The molecule has 0 aromatic carbocycles. The van der Waals surface area contributed by atoms with Gasteiger partial charge < -0.3 is 10.4 Å². The van der Waals surface area contributed by atoms with Gasteiger partial charge in [-0.25, -0.2) is 0 Å². The Hall–Kier alpha value is -0.220. The second-order valence-electron chi connectivity index (χ2n) is 5.98. The number of hydrogen-bond donors (Lipinski definition) is 2. The van der Waals surface area contributed by atoms with E-state index >= 15 is 0 Å². The normalized spacial score (nSPS) is 15.4. The predicted octanol–water partition coefficient (Wildman–Crippen LogP) is 3.53. The zero-order chi connectivity index (χ0) is 14.2. The first kappa shape index (κ1) is 17.8. The highest BCUT2D eigenvalue weighted by molar-refractivity contribution is 8.00. The molecule has 0 bridgehead atoms. The molecule has 0 fully saturated rings. The molecule has 0 aromatic heterocycles.